The first-order chi connectivity index (χ1) is 21.3. The van der Waals surface area contributed by atoms with Gasteiger partial charge in [0.05, 0.1) is 19.0 Å². The van der Waals surface area contributed by atoms with Gasteiger partial charge in [0, 0.05) is 11.8 Å². The zero-order valence-electron chi connectivity index (χ0n) is 23.7. The summed E-state index contributed by atoms with van der Waals surface area (Å²) in [5.74, 6) is -0.191. The lowest BCUT2D eigenvalue weighted by Crippen LogP contribution is -2.36. The number of nitrogens with one attached hydrogen (secondary N) is 1. The first kappa shape index (κ1) is 29.7. The molecule has 0 bridgehead atoms. The fraction of sp³-hybridized carbons (Fsp3) is 0.267. The molecule has 2 aromatic heterocycles. The van der Waals surface area contributed by atoms with Gasteiger partial charge in [0.15, 0.2) is 17.7 Å². The van der Waals surface area contributed by atoms with Gasteiger partial charge in [0.25, 0.3) is 0 Å². The van der Waals surface area contributed by atoms with E-state index in [1.807, 2.05) is 60.7 Å². The maximum atomic E-state index is 14.6. The van der Waals surface area contributed by atoms with Crippen LogP contribution in [-0.4, -0.2) is 55.5 Å². The molecule has 1 saturated heterocycles. The van der Waals surface area contributed by atoms with Gasteiger partial charge in [0.2, 0.25) is 0 Å². The number of rotatable bonds is 11. The fourth-order valence-corrected chi connectivity index (χ4v) is 6.74. The number of aliphatic hydroxyl groups excluding tert-OH is 1. The number of fused-ring (bicyclic) bond motifs is 2. The molecule has 4 N–H and O–H groups in total. The van der Waals surface area contributed by atoms with Crippen molar-refractivity contribution >= 4 is 41.5 Å². The highest BCUT2D eigenvalue weighted by atomic mass is 31.2. The van der Waals surface area contributed by atoms with Gasteiger partial charge in [-0.2, -0.15) is 5.09 Å². The highest BCUT2D eigenvalue weighted by Gasteiger charge is 2.44. The zero-order chi connectivity index (χ0) is 30.7. The minimum absolute atomic E-state index is 0.0381. The van der Waals surface area contributed by atoms with Gasteiger partial charge in [-0.25, -0.2) is 19.5 Å². The van der Waals surface area contributed by atoms with Crippen molar-refractivity contribution in [3.63, 3.8) is 0 Å². The summed E-state index contributed by atoms with van der Waals surface area (Å²) >= 11 is 0. The van der Waals surface area contributed by atoms with Crippen molar-refractivity contribution in [1.29, 1.82) is 0 Å². The van der Waals surface area contributed by atoms with Gasteiger partial charge in [-0.15, -0.1) is 0 Å². The Morgan fingerprint density at radius 3 is 2.70 bits per heavy atom. The Morgan fingerprint density at radius 2 is 1.89 bits per heavy atom. The van der Waals surface area contributed by atoms with E-state index < -0.39 is 38.2 Å². The lowest BCUT2D eigenvalue weighted by molar-refractivity contribution is -0.146. The quantitative estimate of drug-likeness (QED) is 0.143. The number of carbonyl (C=O) groups is 1. The molecule has 3 heterocycles. The molecule has 5 atom stereocenters. The summed E-state index contributed by atoms with van der Waals surface area (Å²) in [6, 6.07) is 20.9. The smallest absolute Gasteiger partial charge is 0.459 e. The van der Waals surface area contributed by atoms with E-state index in [-0.39, 0.29) is 31.2 Å². The number of nitrogens with zero attached hydrogens (tertiary/aromatic N) is 4. The van der Waals surface area contributed by atoms with E-state index in [1.54, 1.807) is 16.7 Å². The molecule has 0 saturated carbocycles. The van der Waals surface area contributed by atoms with E-state index in [4.69, 9.17) is 24.3 Å². The van der Waals surface area contributed by atoms with Crippen LogP contribution >= 0.6 is 7.75 Å². The van der Waals surface area contributed by atoms with Crippen LogP contribution in [0.15, 0.2) is 85.5 Å². The first-order valence-corrected chi connectivity index (χ1v) is 15.5. The van der Waals surface area contributed by atoms with E-state index in [9.17, 15) is 14.5 Å². The molecule has 2 unspecified atom stereocenters. The normalized spacial score (nSPS) is 20.4. The van der Waals surface area contributed by atoms with Gasteiger partial charge in [0.1, 0.15) is 36.3 Å². The highest BCUT2D eigenvalue weighted by molar-refractivity contribution is 7.52. The number of hydrogen-bond donors (Lipinski definition) is 3. The predicted octanol–water partition coefficient (Wildman–Crippen LogP) is 4.14. The molecule has 5 aromatic rings. The van der Waals surface area contributed by atoms with Gasteiger partial charge < -0.3 is 24.8 Å². The van der Waals surface area contributed by atoms with Crippen molar-refractivity contribution < 1.29 is 33.0 Å². The second kappa shape index (κ2) is 12.7. The second-order valence-corrected chi connectivity index (χ2v) is 12.0. The largest absolute Gasteiger partial charge is 0.460 e. The summed E-state index contributed by atoms with van der Waals surface area (Å²) in [5.41, 5.74) is 7.50. The summed E-state index contributed by atoms with van der Waals surface area (Å²) in [4.78, 5) is 25.6. The third-order valence-corrected chi connectivity index (χ3v) is 8.87. The van der Waals surface area contributed by atoms with Crippen LogP contribution in [0.1, 0.15) is 25.1 Å². The number of aromatic nitrogens is 4. The number of imidazole rings is 1. The van der Waals surface area contributed by atoms with Crippen molar-refractivity contribution in [3.05, 3.63) is 91.0 Å². The average Bonchev–Trinajstić information content (AvgIpc) is 3.64. The average molecular weight is 619 g/mol. The second-order valence-electron chi connectivity index (χ2n) is 10.3. The highest BCUT2D eigenvalue weighted by Crippen LogP contribution is 2.51. The number of esters is 1. The summed E-state index contributed by atoms with van der Waals surface area (Å²) in [7, 11) is -4.35. The van der Waals surface area contributed by atoms with Crippen LogP contribution < -0.4 is 15.3 Å². The molecule has 0 spiro atoms. The van der Waals surface area contributed by atoms with Gasteiger partial charge in [-0.05, 0) is 23.9 Å². The van der Waals surface area contributed by atoms with E-state index in [0.717, 1.165) is 10.9 Å². The van der Waals surface area contributed by atoms with Crippen molar-refractivity contribution in [1.82, 2.24) is 24.6 Å². The molecule has 228 valence electrons. The molecule has 44 heavy (non-hydrogen) atoms. The molecular weight excluding hydrogens is 587 g/mol. The standard InChI is InChI=1S/C30H31N6O7P/c1-19(30(38)40-16-20-8-3-2-4-9-20)35-44(39,42-24-13-7-11-21-10-5-6-12-23(21)24)43-25-14-22(15-37)41-29(25)36-18-34-26-27(31)32-17-33-28(26)36/h2-13,17-19,22,25,29,37H,14-16H2,1H3,(H,35,39)(H2,31,32,33)/t19?,22-,25+,29+,44?/m0/s1. The van der Waals surface area contributed by atoms with E-state index >= 15 is 0 Å². The van der Waals surface area contributed by atoms with Gasteiger partial charge >= 0.3 is 13.7 Å². The number of carbonyl (C=O) groups excluding carboxylic acids is 1. The summed E-state index contributed by atoms with van der Waals surface area (Å²) < 4.78 is 40.1. The molecule has 1 aliphatic heterocycles. The Labute approximate surface area is 252 Å². The molecule has 1 aliphatic rings. The number of nitrogens with two attached hydrogens (primary N) is 1. The molecule has 1 fully saturated rings. The number of aliphatic hydroxyl groups is 1. The number of hydrogen-bond acceptors (Lipinski definition) is 11. The van der Waals surface area contributed by atoms with Crippen LogP contribution in [0.4, 0.5) is 5.82 Å². The van der Waals surface area contributed by atoms with Crippen LogP contribution in [0.25, 0.3) is 21.9 Å². The molecule has 0 radical (unpaired) electrons. The van der Waals surface area contributed by atoms with Crippen molar-refractivity contribution in [2.45, 2.75) is 44.4 Å². The number of benzene rings is 3. The van der Waals surface area contributed by atoms with Crippen molar-refractivity contribution in [3.8, 4) is 5.75 Å². The molecule has 0 aliphatic carbocycles. The molecule has 14 heteroatoms. The van der Waals surface area contributed by atoms with Crippen LogP contribution in [-0.2, 0) is 30.0 Å². The van der Waals surface area contributed by atoms with Crippen LogP contribution in [0, 0.1) is 0 Å². The lowest BCUT2D eigenvalue weighted by atomic mass is 10.1. The summed E-state index contributed by atoms with van der Waals surface area (Å²) in [6.45, 7) is 1.23. The van der Waals surface area contributed by atoms with Gasteiger partial charge in [-0.3, -0.25) is 13.9 Å². The fourth-order valence-electron chi connectivity index (χ4n) is 5.03. The lowest BCUT2D eigenvalue weighted by Gasteiger charge is -2.28. The number of ether oxygens (including phenoxy) is 2. The first-order valence-electron chi connectivity index (χ1n) is 14.0. The molecule has 6 rings (SSSR count). The van der Waals surface area contributed by atoms with E-state index in [1.165, 1.54) is 19.6 Å². The molecule has 13 nitrogen and oxygen atoms in total. The molecular formula is C30H31N6O7P. The third kappa shape index (κ3) is 6.28. The van der Waals surface area contributed by atoms with E-state index in [2.05, 4.69) is 20.0 Å². The Morgan fingerprint density at radius 1 is 1.11 bits per heavy atom. The molecule has 3 aromatic carbocycles. The molecule has 0 amide bonds. The van der Waals surface area contributed by atoms with Crippen molar-refractivity contribution in [2.75, 3.05) is 12.3 Å². The Hall–Kier alpha value is -4.39. The van der Waals surface area contributed by atoms with Crippen LogP contribution in [0.5, 0.6) is 5.75 Å². The Bertz CT molecular complexity index is 1810. The minimum atomic E-state index is -4.35. The Kier molecular flexibility index (Phi) is 8.56. The maximum absolute atomic E-state index is 14.6. The van der Waals surface area contributed by atoms with Crippen LogP contribution in [0.3, 0.4) is 0 Å². The van der Waals surface area contributed by atoms with Crippen molar-refractivity contribution in [2.24, 2.45) is 0 Å². The SMILES string of the molecule is CC(NP(=O)(Oc1cccc2ccccc12)O[C@@H]1C[C@@H](CO)O[C@H]1n1cnc2c(N)ncnc21)C(=O)OCc1ccccc1. The maximum Gasteiger partial charge on any atom is 0.459 e. The summed E-state index contributed by atoms with van der Waals surface area (Å²) in [5, 5.41) is 14.3. The number of nitrogen functional groups attached to an aromatic ring is 1. The summed E-state index contributed by atoms with van der Waals surface area (Å²) in [6.07, 6.45) is 0.409. The zero-order valence-corrected chi connectivity index (χ0v) is 24.6. The topological polar surface area (TPSA) is 173 Å². The van der Waals surface area contributed by atoms with E-state index in [0.29, 0.717) is 16.6 Å². The minimum Gasteiger partial charge on any atom is -0.460 e. The number of anilines is 1. The van der Waals surface area contributed by atoms with Gasteiger partial charge in [-0.1, -0.05) is 66.7 Å². The predicted molar refractivity (Wildman–Crippen MR) is 161 cm³/mol. The monoisotopic (exact) mass is 618 g/mol. The Balaban J connectivity index is 1.30. The third-order valence-electron chi connectivity index (χ3n) is 7.18. The van der Waals surface area contributed by atoms with Crippen LogP contribution in [0.2, 0.25) is 0 Å².